The zero-order chi connectivity index (χ0) is 20.1. The van der Waals surface area contributed by atoms with Crippen molar-refractivity contribution in [1.29, 1.82) is 0 Å². The van der Waals surface area contributed by atoms with Gasteiger partial charge in [0.1, 0.15) is 5.75 Å². The van der Waals surface area contributed by atoms with Crippen LogP contribution < -0.4 is 15.4 Å². The van der Waals surface area contributed by atoms with Gasteiger partial charge in [0.15, 0.2) is 6.10 Å². The molecule has 0 spiro atoms. The molecule has 0 radical (unpaired) electrons. The molecule has 2 atom stereocenters. The van der Waals surface area contributed by atoms with E-state index in [1.54, 1.807) is 12.1 Å². The zero-order valence-corrected chi connectivity index (χ0v) is 16.2. The van der Waals surface area contributed by atoms with Crippen molar-refractivity contribution in [1.82, 2.24) is 10.2 Å². The van der Waals surface area contributed by atoms with Crippen LogP contribution >= 0.6 is 0 Å². The highest BCUT2D eigenvalue weighted by atomic mass is 16.5. The van der Waals surface area contributed by atoms with Crippen LogP contribution in [0, 0.1) is 0 Å². The van der Waals surface area contributed by atoms with Gasteiger partial charge in [0.2, 0.25) is 5.91 Å². The minimum Gasteiger partial charge on any atom is -0.478 e. The van der Waals surface area contributed by atoms with E-state index in [0.29, 0.717) is 31.2 Å². The molecule has 0 aliphatic carbocycles. The van der Waals surface area contributed by atoms with Crippen molar-refractivity contribution in [3.05, 3.63) is 60.2 Å². The van der Waals surface area contributed by atoms with Crippen LogP contribution in [-0.2, 0) is 14.3 Å². The molecular weight excluding hydrogens is 370 g/mol. The quantitative estimate of drug-likeness (QED) is 0.782. The van der Waals surface area contributed by atoms with Gasteiger partial charge in [0, 0.05) is 19.6 Å². The summed E-state index contributed by atoms with van der Waals surface area (Å²) in [4.78, 5) is 27.4. The van der Waals surface area contributed by atoms with Gasteiger partial charge in [0.05, 0.1) is 31.4 Å². The highest BCUT2D eigenvalue weighted by molar-refractivity contribution is 5.99. The fraction of sp³-hybridized carbons (Fsp3) is 0.364. The molecule has 0 saturated carbocycles. The monoisotopic (exact) mass is 395 g/mol. The Bertz CT molecular complexity index is 852. The Labute approximate surface area is 170 Å². The molecule has 1 fully saturated rings. The minimum atomic E-state index is -0.843. The van der Waals surface area contributed by atoms with Crippen LogP contribution in [0.1, 0.15) is 18.0 Å². The Hall–Kier alpha value is -2.90. The standard InChI is InChI=1S/C22H25N3O4/c26-21(14-20-22(27)24-17-8-4-5-9-19(17)29-20)23-18(16-6-2-1-3-7-16)15-25-10-12-28-13-11-25/h1-9,18,20H,10-15H2,(H,23,26)(H,24,27)/t18-,20-/m0/s1. The fourth-order valence-electron chi connectivity index (χ4n) is 3.61. The third-order valence-electron chi connectivity index (χ3n) is 5.16. The van der Waals surface area contributed by atoms with Crippen LogP contribution in [0.5, 0.6) is 5.75 Å². The Morgan fingerprint density at radius 2 is 1.83 bits per heavy atom. The Kier molecular flexibility index (Phi) is 6.07. The maximum atomic E-state index is 12.8. The van der Waals surface area contributed by atoms with Gasteiger partial charge < -0.3 is 20.1 Å². The number of carbonyl (C=O) groups is 2. The molecule has 152 valence electrons. The molecular formula is C22H25N3O4. The van der Waals surface area contributed by atoms with E-state index < -0.39 is 6.10 Å². The van der Waals surface area contributed by atoms with E-state index in [0.717, 1.165) is 18.7 Å². The number of carbonyl (C=O) groups excluding carboxylic acids is 2. The number of fused-ring (bicyclic) bond motifs is 1. The van der Waals surface area contributed by atoms with E-state index >= 15 is 0 Å². The molecule has 0 aromatic heterocycles. The van der Waals surface area contributed by atoms with Crippen LogP contribution in [0.4, 0.5) is 5.69 Å². The maximum Gasteiger partial charge on any atom is 0.266 e. The molecule has 1 saturated heterocycles. The van der Waals surface area contributed by atoms with Crippen molar-refractivity contribution < 1.29 is 19.1 Å². The third-order valence-corrected chi connectivity index (χ3v) is 5.16. The average Bonchev–Trinajstić information content (AvgIpc) is 2.75. The van der Waals surface area contributed by atoms with Gasteiger partial charge in [-0.3, -0.25) is 14.5 Å². The van der Waals surface area contributed by atoms with Gasteiger partial charge in [0.25, 0.3) is 5.91 Å². The number of amides is 2. The van der Waals surface area contributed by atoms with E-state index in [1.807, 2.05) is 42.5 Å². The van der Waals surface area contributed by atoms with Crippen molar-refractivity contribution in [3.63, 3.8) is 0 Å². The number of para-hydroxylation sites is 2. The van der Waals surface area contributed by atoms with Crippen LogP contribution in [0.3, 0.4) is 0 Å². The second-order valence-electron chi connectivity index (χ2n) is 7.24. The zero-order valence-electron chi connectivity index (χ0n) is 16.2. The summed E-state index contributed by atoms with van der Waals surface area (Å²) in [6.45, 7) is 3.77. The van der Waals surface area contributed by atoms with Crippen LogP contribution in [0.2, 0.25) is 0 Å². The van der Waals surface area contributed by atoms with Gasteiger partial charge in [-0.2, -0.15) is 0 Å². The highest BCUT2D eigenvalue weighted by Gasteiger charge is 2.30. The van der Waals surface area contributed by atoms with Crippen LogP contribution in [-0.4, -0.2) is 55.7 Å². The van der Waals surface area contributed by atoms with Crippen LogP contribution in [0.25, 0.3) is 0 Å². The van der Waals surface area contributed by atoms with E-state index in [9.17, 15) is 9.59 Å². The number of anilines is 1. The first-order valence-electron chi connectivity index (χ1n) is 9.90. The second-order valence-corrected chi connectivity index (χ2v) is 7.24. The van der Waals surface area contributed by atoms with E-state index in [2.05, 4.69) is 15.5 Å². The van der Waals surface area contributed by atoms with Crippen molar-refractivity contribution >= 4 is 17.5 Å². The minimum absolute atomic E-state index is 0.0351. The molecule has 2 heterocycles. The molecule has 0 unspecified atom stereocenters. The summed E-state index contributed by atoms with van der Waals surface area (Å²) in [5.41, 5.74) is 1.66. The van der Waals surface area contributed by atoms with Gasteiger partial charge >= 0.3 is 0 Å². The molecule has 29 heavy (non-hydrogen) atoms. The second kappa shape index (κ2) is 9.07. The first-order chi connectivity index (χ1) is 14.2. The third kappa shape index (κ3) is 4.93. The topological polar surface area (TPSA) is 79.9 Å². The smallest absolute Gasteiger partial charge is 0.266 e. The predicted octanol–water partition coefficient (Wildman–Crippen LogP) is 1.97. The molecule has 2 N–H and O–H groups in total. The molecule has 7 heteroatoms. The first-order valence-corrected chi connectivity index (χ1v) is 9.90. The lowest BCUT2D eigenvalue weighted by Gasteiger charge is -2.31. The summed E-state index contributed by atoms with van der Waals surface area (Å²) in [5, 5.41) is 5.89. The number of nitrogens with zero attached hydrogens (tertiary/aromatic N) is 1. The lowest BCUT2D eigenvalue weighted by atomic mass is 10.1. The lowest BCUT2D eigenvalue weighted by Crippen LogP contribution is -2.45. The molecule has 2 amide bonds. The average molecular weight is 395 g/mol. The number of rotatable bonds is 6. The Balaban J connectivity index is 1.41. The molecule has 0 bridgehead atoms. The highest BCUT2D eigenvalue weighted by Crippen LogP contribution is 2.29. The Morgan fingerprint density at radius 1 is 1.10 bits per heavy atom. The molecule has 2 aromatic carbocycles. The molecule has 2 aromatic rings. The Morgan fingerprint density at radius 3 is 2.62 bits per heavy atom. The molecule has 7 nitrogen and oxygen atoms in total. The van der Waals surface area contributed by atoms with Crippen molar-refractivity contribution in [2.45, 2.75) is 18.6 Å². The summed E-state index contributed by atoms with van der Waals surface area (Å²) in [6, 6.07) is 16.9. The normalized spacial score (nSPS) is 20.1. The SMILES string of the molecule is O=C(C[C@@H]1Oc2ccccc2NC1=O)N[C@@H](CN1CCOCC1)c1ccccc1. The molecule has 2 aliphatic heterocycles. The van der Waals surface area contributed by atoms with Crippen molar-refractivity contribution in [2.24, 2.45) is 0 Å². The fourth-order valence-corrected chi connectivity index (χ4v) is 3.61. The summed E-state index contributed by atoms with van der Waals surface area (Å²) in [6.07, 6.45) is -0.878. The van der Waals surface area contributed by atoms with Gasteiger partial charge in [-0.1, -0.05) is 42.5 Å². The lowest BCUT2D eigenvalue weighted by molar-refractivity contribution is -0.131. The number of hydrogen-bond donors (Lipinski definition) is 2. The molecule has 2 aliphatic rings. The van der Waals surface area contributed by atoms with E-state index in [-0.39, 0.29) is 24.3 Å². The van der Waals surface area contributed by atoms with Gasteiger partial charge in [-0.15, -0.1) is 0 Å². The number of ether oxygens (including phenoxy) is 2. The van der Waals surface area contributed by atoms with Crippen LogP contribution in [0.15, 0.2) is 54.6 Å². The summed E-state index contributed by atoms with van der Waals surface area (Å²) in [7, 11) is 0. The number of morpholine rings is 1. The summed E-state index contributed by atoms with van der Waals surface area (Å²) < 4.78 is 11.2. The summed E-state index contributed by atoms with van der Waals surface area (Å²) in [5.74, 6) is 0.0627. The van der Waals surface area contributed by atoms with E-state index in [4.69, 9.17) is 9.47 Å². The van der Waals surface area contributed by atoms with Gasteiger partial charge in [-0.25, -0.2) is 0 Å². The number of hydrogen-bond acceptors (Lipinski definition) is 5. The van der Waals surface area contributed by atoms with Gasteiger partial charge in [-0.05, 0) is 17.7 Å². The largest absolute Gasteiger partial charge is 0.478 e. The van der Waals surface area contributed by atoms with E-state index in [1.165, 1.54) is 0 Å². The number of benzene rings is 2. The summed E-state index contributed by atoms with van der Waals surface area (Å²) >= 11 is 0. The predicted molar refractivity (Wildman–Crippen MR) is 109 cm³/mol. The first kappa shape index (κ1) is 19.4. The van der Waals surface area contributed by atoms with Crippen molar-refractivity contribution in [3.8, 4) is 5.75 Å². The van der Waals surface area contributed by atoms with Crippen molar-refractivity contribution in [2.75, 3.05) is 38.2 Å². The molecule has 4 rings (SSSR count). The number of nitrogens with one attached hydrogen (secondary N) is 2. The maximum absolute atomic E-state index is 12.8.